The van der Waals surface area contributed by atoms with Crippen LogP contribution in [0.2, 0.25) is 0 Å². The Bertz CT molecular complexity index is 584. The topological polar surface area (TPSA) is 60.5 Å². The Balaban J connectivity index is 2.19. The quantitative estimate of drug-likeness (QED) is 0.835. The lowest BCUT2D eigenvalue weighted by atomic mass is 10.1. The third kappa shape index (κ3) is 3.13. The van der Waals surface area contributed by atoms with Crippen molar-refractivity contribution < 1.29 is 14.3 Å². The van der Waals surface area contributed by atoms with E-state index in [1.165, 1.54) is 7.11 Å². The third-order valence-electron chi connectivity index (χ3n) is 2.82. The van der Waals surface area contributed by atoms with Gasteiger partial charge >= 0.3 is 5.97 Å². The van der Waals surface area contributed by atoms with Gasteiger partial charge in [0.1, 0.15) is 11.6 Å². The summed E-state index contributed by atoms with van der Waals surface area (Å²) in [5.74, 6) is 1.27. The number of anilines is 1. The van der Waals surface area contributed by atoms with Gasteiger partial charge in [-0.2, -0.15) is 0 Å². The largest absolute Gasteiger partial charge is 0.497 e. The van der Waals surface area contributed by atoms with Crippen LogP contribution >= 0.6 is 0 Å². The maximum Gasteiger partial charge on any atom is 0.307 e. The number of benzene rings is 1. The summed E-state index contributed by atoms with van der Waals surface area (Å²) in [4.78, 5) is 15.3. The van der Waals surface area contributed by atoms with Crippen molar-refractivity contribution in [3.05, 3.63) is 30.5 Å². The van der Waals surface area contributed by atoms with Crippen molar-refractivity contribution in [3.8, 4) is 5.75 Å². The molecule has 0 amide bonds. The predicted molar refractivity (Wildman–Crippen MR) is 73.4 cm³/mol. The predicted octanol–water partition coefficient (Wildman–Crippen LogP) is 2.22. The first kappa shape index (κ1) is 13.1. The minimum Gasteiger partial charge on any atom is -0.497 e. The normalized spacial score (nSPS) is 10.2. The zero-order chi connectivity index (χ0) is 13.7. The summed E-state index contributed by atoms with van der Waals surface area (Å²) in [6, 6.07) is 7.73. The number of fused-ring (bicyclic) bond motifs is 1. The van der Waals surface area contributed by atoms with E-state index in [1.54, 1.807) is 13.3 Å². The lowest BCUT2D eigenvalue weighted by Gasteiger charge is -2.09. The summed E-state index contributed by atoms with van der Waals surface area (Å²) in [7, 11) is 3.01. The zero-order valence-corrected chi connectivity index (χ0v) is 11.0. The van der Waals surface area contributed by atoms with Gasteiger partial charge < -0.3 is 14.8 Å². The molecule has 0 spiro atoms. The maximum atomic E-state index is 11.1. The lowest BCUT2D eigenvalue weighted by molar-refractivity contribution is -0.140. The van der Waals surface area contributed by atoms with Crippen LogP contribution in [0.5, 0.6) is 5.75 Å². The molecule has 1 aromatic carbocycles. The third-order valence-corrected chi connectivity index (χ3v) is 2.82. The van der Waals surface area contributed by atoms with Crippen molar-refractivity contribution >= 4 is 22.6 Å². The van der Waals surface area contributed by atoms with Gasteiger partial charge in [-0.15, -0.1) is 0 Å². The smallest absolute Gasteiger partial charge is 0.307 e. The van der Waals surface area contributed by atoms with Crippen LogP contribution in [0.15, 0.2) is 30.5 Å². The van der Waals surface area contributed by atoms with Gasteiger partial charge in [-0.1, -0.05) is 6.07 Å². The second-order valence-corrected chi connectivity index (χ2v) is 4.00. The Morgan fingerprint density at radius 1 is 1.32 bits per heavy atom. The van der Waals surface area contributed by atoms with Gasteiger partial charge in [0, 0.05) is 18.1 Å². The summed E-state index contributed by atoms with van der Waals surface area (Å²) < 4.78 is 9.80. The summed E-state index contributed by atoms with van der Waals surface area (Å²) in [5.41, 5.74) is 0. The van der Waals surface area contributed by atoms with Crippen molar-refractivity contribution in [2.75, 3.05) is 26.1 Å². The van der Waals surface area contributed by atoms with Gasteiger partial charge in [0.25, 0.3) is 0 Å². The van der Waals surface area contributed by atoms with E-state index in [2.05, 4.69) is 15.0 Å². The van der Waals surface area contributed by atoms with Gasteiger partial charge in [0.2, 0.25) is 0 Å². The van der Waals surface area contributed by atoms with Crippen LogP contribution in [0.4, 0.5) is 5.82 Å². The van der Waals surface area contributed by atoms with E-state index < -0.39 is 0 Å². The molecule has 0 aliphatic carbocycles. The first-order valence-electron chi connectivity index (χ1n) is 5.98. The average molecular weight is 260 g/mol. The highest BCUT2D eigenvalue weighted by Gasteiger charge is 2.05. The first-order valence-corrected chi connectivity index (χ1v) is 5.98. The number of hydrogen-bond acceptors (Lipinski definition) is 5. The Morgan fingerprint density at radius 3 is 2.89 bits per heavy atom. The van der Waals surface area contributed by atoms with E-state index in [-0.39, 0.29) is 5.97 Å². The molecule has 1 aromatic heterocycles. The molecule has 0 fully saturated rings. The van der Waals surface area contributed by atoms with E-state index in [1.807, 2.05) is 24.3 Å². The van der Waals surface area contributed by atoms with Crippen LogP contribution in [0.1, 0.15) is 6.42 Å². The molecule has 2 aromatic rings. The van der Waals surface area contributed by atoms with Crippen LogP contribution in [-0.2, 0) is 9.53 Å². The number of hydrogen-bond donors (Lipinski definition) is 1. The number of carbonyl (C=O) groups excluding carboxylic acids is 1. The molecule has 0 aliphatic rings. The molecule has 1 heterocycles. The highest BCUT2D eigenvalue weighted by molar-refractivity contribution is 5.92. The Hall–Kier alpha value is -2.30. The van der Waals surface area contributed by atoms with Crippen molar-refractivity contribution in [1.29, 1.82) is 0 Å². The Labute approximate surface area is 111 Å². The number of nitrogens with zero attached hydrogens (tertiary/aromatic N) is 1. The monoisotopic (exact) mass is 260 g/mol. The van der Waals surface area contributed by atoms with E-state index in [4.69, 9.17) is 4.74 Å². The van der Waals surface area contributed by atoms with Crippen LogP contribution in [0.3, 0.4) is 0 Å². The second-order valence-electron chi connectivity index (χ2n) is 4.00. The number of esters is 1. The van der Waals surface area contributed by atoms with Crippen LogP contribution < -0.4 is 10.1 Å². The summed E-state index contributed by atoms with van der Waals surface area (Å²) in [6.07, 6.45) is 2.04. The molecule has 0 bridgehead atoms. The highest BCUT2D eigenvalue weighted by Crippen LogP contribution is 2.25. The molecule has 0 saturated carbocycles. The number of nitrogens with one attached hydrogen (secondary N) is 1. The minimum absolute atomic E-state index is 0.245. The van der Waals surface area contributed by atoms with Crippen LogP contribution in [-0.4, -0.2) is 31.7 Å². The van der Waals surface area contributed by atoms with Crippen LogP contribution in [0, 0.1) is 0 Å². The molecule has 19 heavy (non-hydrogen) atoms. The Morgan fingerprint density at radius 2 is 2.16 bits per heavy atom. The molecule has 5 nitrogen and oxygen atoms in total. The molecule has 100 valence electrons. The molecule has 5 heteroatoms. The van der Waals surface area contributed by atoms with E-state index in [0.29, 0.717) is 13.0 Å². The molecule has 0 atom stereocenters. The average Bonchev–Trinajstić information content (AvgIpc) is 2.46. The molecule has 1 N–H and O–H groups in total. The lowest BCUT2D eigenvalue weighted by Crippen LogP contribution is -2.10. The number of carbonyl (C=O) groups is 1. The first-order chi connectivity index (χ1) is 9.24. The van der Waals surface area contributed by atoms with Crippen molar-refractivity contribution in [2.24, 2.45) is 0 Å². The molecule has 0 radical (unpaired) electrons. The minimum atomic E-state index is -0.245. The Kier molecular flexibility index (Phi) is 4.18. The molecule has 2 rings (SSSR count). The van der Waals surface area contributed by atoms with Crippen LogP contribution in [0.25, 0.3) is 10.8 Å². The standard InChI is InChI=1S/C14H16N2O3/c1-18-11-4-3-10-5-7-15-14(12(10)9-11)16-8-6-13(17)19-2/h3-5,7,9H,6,8H2,1-2H3,(H,15,16). The fourth-order valence-electron chi connectivity index (χ4n) is 1.80. The zero-order valence-electron chi connectivity index (χ0n) is 11.0. The number of pyridine rings is 1. The summed E-state index contributed by atoms with van der Waals surface area (Å²) >= 11 is 0. The van der Waals surface area contributed by atoms with E-state index >= 15 is 0 Å². The summed E-state index contributed by atoms with van der Waals surface area (Å²) in [5, 5.41) is 5.17. The van der Waals surface area contributed by atoms with Gasteiger partial charge in [-0.25, -0.2) is 4.98 Å². The maximum absolute atomic E-state index is 11.1. The van der Waals surface area contributed by atoms with Gasteiger partial charge in [-0.3, -0.25) is 4.79 Å². The number of ether oxygens (including phenoxy) is 2. The van der Waals surface area contributed by atoms with E-state index in [0.717, 1.165) is 22.3 Å². The van der Waals surface area contributed by atoms with E-state index in [9.17, 15) is 4.79 Å². The summed E-state index contributed by atoms with van der Waals surface area (Å²) in [6.45, 7) is 0.482. The molecule has 0 aliphatic heterocycles. The number of methoxy groups -OCH3 is 2. The van der Waals surface area contributed by atoms with Gasteiger partial charge in [-0.05, 0) is 23.6 Å². The second kappa shape index (κ2) is 6.04. The van der Waals surface area contributed by atoms with Crippen molar-refractivity contribution in [2.45, 2.75) is 6.42 Å². The highest BCUT2D eigenvalue weighted by atomic mass is 16.5. The molecule has 0 saturated heterocycles. The van der Waals surface area contributed by atoms with Crippen molar-refractivity contribution in [3.63, 3.8) is 0 Å². The number of aromatic nitrogens is 1. The van der Waals surface area contributed by atoms with Gasteiger partial charge in [0.05, 0.1) is 20.6 Å². The number of rotatable bonds is 5. The molecular formula is C14H16N2O3. The molecule has 0 unspecified atom stereocenters. The fourth-order valence-corrected chi connectivity index (χ4v) is 1.80. The van der Waals surface area contributed by atoms with Crippen molar-refractivity contribution in [1.82, 2.24) is 4.98 Å². The fraction of sp³-hybridized carbons (Fsp3) is 0.286. The van der Waals surface area contributed by atoms with Gasteiger partial charge in [0.15, 0.2) is 0 Å². The molecular weight excluding hydrogens is 244 g/mol. The SMILES string of the molecule is COC(=O)CCNc1nccc2ccc(OC)cc12.